The zero-order chi connectivity index (χ0) is 26.1. The van der Waals surface area contributed by atoms with Gasteiger partial charge in [-0.05, 0) is 73.4 Å². The topological polar surface area (TPSA) is 111 Å². The number of aliphatic imine (C=N–C) groups is 1. The van der Waals surface area contributed by atoms with Crippen molar-refractivity contribution in [2.45, 2.75) is 26.2 Å². The van der Waals surface area contributed by atoms with Gasteiger partial charge in [-0.15, -0.1) is 0 Å². The molecule has 1 aromatic carbocycles. The van der Waals surface area contributed by atoms with Gasteiger partial charge >= 0.3 is 0 Å². The molecular formula is C29H29N7O. The van der Waals surface area contributed by atoms with Crippen LogP contribution in [0.3, 0.4) is 0 Å². The number of rotatable bonds is 7. The summed E-state index contributed by atoms with van der Waals surface area (Å²) in [5, 5.41) is 7.14. The Morgan fingerprint density at radius 2 is 2.03 bits per heavy atom. The van der Waals surface area contributed by atoms with Gasteiger partial charge in [0, 0.05) is 36.5 Å². The van der Waals surface area contributed by atoms with Crippen LogP contribution in [0.5, 0.6) is 0 Å². The molecule has 8 nitrogen and oxygen atoms in total. The lowest BCUT2D eigenvalue weighted by Gasteiger charge is -2.15. The number of aromatic nitrogens is 4. The molecule has 0 unspecified atom stereocenters. The average Bonchev–Trinajstić information content (AvgIpc) is 3.59. The van der Waals surface area contributed by atoms with E-state index in [0.717, 1.165) is 45.5 Å². The van der Waals surface area contributed by atoms with Crippen molar-refractivity contribution in [1.82, 2.24) is 25.1 Å². The Kier molecular flexibility index (Phi) is 6.40. The highest BCUT2D eigenvalue weighted by Gasteiger charge is 2.44. The molecule has 0 aliphatic heterocycles. The fourth-order valence-electron chi connectivity index (χ4n) is 4.60. The molecule has 8 heteroatoms. The Morgan fingerprint density at radius 3 is 2.73 bits per heavy atom. The predicted octanol–water partition coefficient (Wildman–Crippen LogP) is 4.66. The standard InChI is InChI=1S/C29H29N7O/c1-17-10-11-32-27(19-8-6-5-7-9-19)26(17)24-12-20(18(2)28(30)34-24)13-25(31-3)35-29(37)23-14-22(23)21-15-33-36(4)16-21/h5-13,15-16,22-23H,3,14H2,1-2,4H3,(H2,30,34)(H,35,37)/b25-13+/t22-,23+/m1/s1. The van der Waals surface area contributed by atoms with Crippen LogP contribution in [0.1, 0.15) is 34.6 Å². The number of hydrogen-bond acceptors (Lipinski definition) is 6. The number of carbonyl (C=O) groups excluding carboxylic acids is 1. The van der Waals surface area contributed by atoms with Crippen molar-refractivity contribution >= 4 is 24.5 Å². The highest BCUT2D eigenvalue weighted by molar-refractivity contribution is 5.86. The van der Waals surface area contributed by atoms with E-state index < -0.39 is 0 Å². The third kappa shape index (κ3) is 4.91. The minimum absolute atomic E-state index is 0.0816. The van der Waals surface area contributed by atoms with Crippen molar-refractivity contribution in [3.8, 4) is 22.5 Å². The van der Waals surface area contributed by atoms with E-state index in [-0.39, 0.29) is 17.7 Å². The largest absolute Gasteiger partial charge is 0.383 e. The molecular weight excluding hydrogens is 462 g/mol. The van der Waals surface area contributed by atoms with Gasteiger partial charge in [0.25, 0.3) is 0 Å². The van der Waals surface area contributed by atoms with Crippen LogP contribution < -0.4 is 11.1 Å². The van der Waals surface area contributed by atoms with E-state index in [9.17, 15) is 4.79 Å². The molecule has 3 heterocycles. The maximum Gasteiger partial charge on any atom is 0.229 e. The van der Waals surface area contributed by atoms with Gasteiger partial charge in [-0.3, -0.25) is 14.5 Å². The number of hydrogen-bond donors (Lipinski definition) is 2. The Hall–Kier alpha value is -4.59. The number of anilines is 1. The number of nitrogens with two attached hydrogens (primary N) is 1. The normalized spacial score (nSPS) is 16.9. The van der Waals surface area contributed by atoms with Gasteiger partial charge in [0.2, 0.25) is 5.91 Å². The Labute approximate surface area is 216 Å². The fraction of sp³-hybridized carbons (Fsp3) is 0.207. The summed E-state index contributed by atoms with van der Waals surface area (Å²) in [5.74, 6) is 0.753. The van der Waals surface area contributed by atoms with Gasteiger partial charge in [0.15, 0.2) is 0 Å². The summed E-state index contributed by atoms with van der Waals surface area (Å²) in [6.45, 7) is 7.59. The molecule has 1 fully saturated rings. The maximum absolute atomic E-state index is 12.9. The first-order valence-electron chi connectivity index (χ1n) is 12.1. The summed E-state index contributed by atoms with van der Waals surface area (Å²) in [7, 11) is 1.87. The van der Waals surface area contributed by atoms with Gasteiger partial charge < -0.3 is 11.1 Å². The molecule has 1 amide bonds. The van der Waals surface area contributed by atoms with E-state index in [1.165, 1.54) is 0 Å². The van der Waals surface area contributed by atoms with Crippen molar-refractivity contribution in [1.29, 1.82) is 0 Å². The Balaban J connectivity index is 1.46. The molecule has 0 saturated heterocycles. The van der Waals surface area contributed by atoms with Crippen LogP contribution in [-0.2, 0) is 11.8 Å². The fourth-order valence-corrected chi connectivity index (χ4v) is 4.60. The predicted molar refractivity (Wildman–Crippen MR) is 147 cm³/mol. The lowest BCUT2D eigenvalue weighted by atomic mass is 9.97. The number of nitrogen functional groups attached to an aromatic ring is 1. The second kappa shape index (κ2) is 9.81. The van der Waals surface area contributed by atoms with E-state index in [0.29, 0.717) is 17.3 Å². The van der Waals surface area contributed by atoms with Crippen LogP contribution in [0.25, 0.3) is 28.6 Å². The third-order valence-corrected chi connectivity index (χ3v) is 6.81. The molecule has 37 heavy (non-hydrogen) atoms. The second-order valence-corrected chi connectivity index (χ2v) is 9.40. The number of carbonyl (C=O) groups is 1. The maximum atomic E-state index is 12.9. The number of nitrogens with zero attached hydrogens (tertiary/aromatic N) is 5. The smallest absolute Gasteiger partial charge is 0.229 e. The summed E-state index contributed by atoms with van der Waals surface area (Å²) in [6, 6.07) is 13.9. The molecule has 186 valence electrons. The average molecular weight is 492 g/mol. The summed E-state index contributed by atoms with van der Waals surface area (Å²) in [5.41, 5.74) is 13.5. The zero-order valence-electron chi connectivity index (χ0n) is 21.1. The zero-order valence-corrected chi connectivity index (χ0v) is 21.1. The summed E-state index contributed by atoms with van der Waals surface area (Å²) in [4.78, 5) is 26.4. The number of amides is 1. The molecule has 3 aromatic heterocycles. The van der Waals surface area contributed by atoms with Crippen molar-refractivity contribution in [3.63, 3.8) is 0 Å². The number of pyridine rings is 2. The molecule has 3 N–H and O–H groups in total. The van der Waals surface area contributed by atoms with Crippen molar-refractivity contribution in [2.75, 3.05) is 5.73 Å². The molecule has 1 aliphatic carbocycles. The van der Waals surface area contributed by atoms with E-state index >= 15 is 0 Å². The first-order chi connectivity index (χ1) is 17.9. The monoisotopic (exact) mass is 491 g/mol. The Morgan fingerprint density at radius 1 is 1.24 bits per heavy atom. The summed E-state index contributed by atoms with van der Waals surface area (Å²) < 4.78 is 1.75. The third-order valence-electron chi connectivity index (χ3n) is 6.81. The van der Waals surface area contributed by atoms with E-state index in [1.807, 2.05) is 75.8 Å². The molecule has 4 aromatic rings. The van der Waals surface area contributed by atoms with Gasteiger partial charge in [0.1, 0.15) is 11.6 Å². The molecule has 5 rings (SSSR count). The van der Waals surface area contributed by atoms with Crippen LogP contribution in [0.4, 0.5) is 5.82 Å². The van der Waals surface area contributed by atoms with Crippen LogP contribution in [0, 0.1) is 19.8 Å². The quantitative estimate of drug-likeness (QED) is 0.365. The van der Waals surface area contributed by atoms with Crippen LogP contribution >= 0.6 is 0 Å². The Bertz CT molecular complexity index is 1520. The highest BCUT2D eigenvalue weighted by Crippen LogP contribution is 2.47. The van der Waals surface area contributed by atoms with Crippen molar-refractivity contribution < 1.29 is 4.79 Å². The molecule has 0 bridgehead atoms. The van der Waals surface area contributed by atoms with Gasteiger partial charge in [-0.1, -0.05) is 30.3 Å². The van der Waals surface area contributed by atoms with E-state index in [1.54, 1.807) is 17.0 Å². The lowest BCUT2D eigenvalue weighted by molar-refractivity contribution is -0.121. The van der Waals surface area contributed by atoms with Crippen LogP contribution in [0.2, 0.25) is 0 Å². The number of benzene rings is 1. The summed E-state index contributed by atoms with van der Waals surface area (Å²) in [6.07, 6.45) is 8.14. The van der Waals surface area contributed by atoms with Gasteiger partial charge in [-0.2, -0.15) is 5.10 Å². The van der Waals surface area contributed by atoms with Crippen molar-refractivity contribution in [2.24, 2.45) is 18.0 Å². The van der Waals surface area contributed by atoms with E-state index in [2.05, 4.69) is 27.1 Å². The molecule has 1 aliphatic rings. The highest BCUT2D eigenvalue weighted by atomic mass is 16.2. The molecule has 1 saturated carbocycles. The minimum Gasteiger partial charge on any atom is -0.383 e. The van der Waals surface area contributed by atoms with E-state index in [4.69, 9.17) is 10.7 Å². The molecule has 0 radical (unpaired) electrons. The van der Waals surface area contributed by atoms with Gasteiger partial charge in [0.05, 0.1) is 17.6 Å². The minimum atomic E-state index is -0.111. The van der Waals surface area contributed by atoms with Crippen LogP contribution in [-0.4, -0.2) is 32.4 Å². The summed E-state index contributed by atoms with van der Waals surface area (Å²) >= 11 is 0. The molecule has 2 atom stereocenters. The second-order valence-electron chi connectivity index (χ2n) is 9.40. The first-order valence-corrected chi connectivity index (χ1v) is 12.1. The lowest BCUT2D eigenvalue weighted by Crippen LogP contribution is -2.24. The number of nitrogens with one attached hydrogen (secondary N) is 1. The van der Waals surface area contributed by atoms with Crippen molar-refractivity contribution in [3.05, 3.63) is 89.1 Å². The van der Waals surface area contributed by atoms with Gasteiger partial charge in [-0.25, -0.2) is 9.98 Å². The first kappa shape index (κ1) is 24.1. The number of aryl methyl sites for hydroxylation is 2. The molecule has 0 spiro atoms. The van der Waals surface area contributed by atoms with Crippen LogP contribution in [0.15, 0.2) is 71.9 Å². The SMILES string of the molecule is C=N/C(=C\c1cc(-c2c(C)ccnc2-c2ccccc2)nc(N)c1C)NC(=O)[C@H]1C[C@@H]1c1cnn(C)c1.